The van der Waals surface area contributed by atoms with E-state index in [9.17, 15) is 10.1 Å². The van der Waals surface area contributed by atoms with Crippen LogP contribution in [0, 0.1) is 10.1 Å². The van der Waals surface area contributed by atoms with Crippen molar-refractivity contribution in [1.29, 1.82) is 0 Å². The number of ether oxygens (including phenoxy) is 1. The molecule has 0 unspecified atom stereocenters. The maximum absolute atomic E-state index is 10.5. The van der Waals surface area contributed by atoms with Crippen LogP contribution in [0.15, 0.2) is 18.2 Å². The number of aliphatic hydroxyl groups is 1. The zero-order valence-electron chi connectivity index (χ0n) is 8.47. The van der Waals surface area contributed by atoms with E-state index in [0.29, 0.717) is 18.6 Å². The van der Waals surface area contributed by atoms with Gasteiger partial charge in [-0.1, -0.05) is 0 Å². The molecule has 0 saturated heterocycles. The number of non-ortho nitro benzene ring substituents is 1. The van der Waals surface area contributed by atoms with E-state index in [1.54, 1.807) is 6.07 Å². The number of hydrogen-bond donors (Lipinski definition) is 1. The molecule has 0 aliphatic rings. The van der Waals surface area contributed by atoms with E-state index in [0.717, 1.165) is 5.56 Å². The second kappa shape index (κ2) is 5.31. The zero-order chi connectivity index (χ0) is 11.3. The van der Waals surface area contributed by atoms with Gasteiger partial charge in [0.2, 0.25) is 0 Å². The highest BCUT2D eigenvalue weighted by atomic mass is 16.6. The van der Waals surface area contributed by atoms with Crippen LogP contribution in [0.3, 0.4) is 0 Å². The standard InChI is InChI=1S/C10H13NO4/c1-15-10-5-4-9(11(13)14)7-8(10)3-2-6-12/h4-5,7,12H,2-3,6H2,1H3. The summed E-state index contributed by atoms with van der Waals surface area (Å²) in [5.74, 6) is 0.619. The predicted molar refractivity (Wildman–Crippen MR) is 55.1 cm³/mol. The lowest BCUT2D eigenvalue weighted by atomic mass is 10.1. The van der Waals surface area contributed by atoms with Crippen molar-refractivity contribution in [3.05, 3.63) is 33.9 Å². The molecule has 1 aromatic rings. The summed E-state index contributed by atoms with van der Waals surface area (Å²) in [6, 6.07) is 4.46. The summed E-state index contributed by atoms with van der Waals surface area (Å²) >= 11 is 0. The summed E-state index contributed by atoms with van der Waals surface area (Å²) in [6.45, 7) is 0.0614. The van der Waals surface area contributed by atoms with Gasteiger partial charge in [0.15, 0.2) is 0 Å². The third-order valence-corrected chi connectivity index (χ3v) is 2.08. The van der Waals surface area contributed by atoms with Crippen LogP contribution in [0.1, 0.15) is 12.0 Å². The third kappa shape index (κ3) is 2.92. The number of hydrogen-bond acceptors (Lipinski definition) is 4. The van der Waals surface area contributed by atoms with Gasteiger partial charge >= 0.3 is 0 Å². The molecule has 0 aromatic heterocycles. The van der Waals surface area contributed by atoms with E-state index in [1.807, 2.05) is 0 Å². The van der Waals surface area contributed by atoms with Crippen molar-refractivity contribution in [1.82, 2.24) is 0 Å². The minimum absolute atomic E-state index is 0.0451. The first-order valence-corrected chi connectivity index (χ1v) is 4.61. The SMILES string of the molecule is COc1ccc([N+](=O)[O-])cc1CCCO. The molecular weight excluding hydrogens is 198 g/mol. The Morgan fingerprint density at radius 3 is 2.80 bits per heavy atom. The molecule has 0 bridgehead atoms. The van der Waals surface area contributed by atoms with E-state index in [-0.39, 0.29) is 12.3 Å². The number of methoxy groups -OCH3 is 1. The van der Waals surface area contributed by atoms with E-state index in [1.165, 1.54) is 19.2 Å². The Labute approximate surface area is 87.5 Å². The molecule has 1 rings (SSSR count). The fraction of sp³-hybridized carbons (Fsp3) is 0.400. The first-order chi connectivity index (χ1) is 7.19. The third-order valence-electron chi connectivity index (χ3n) is 2.08. The quantitative estimate of drug-likeness (QED) is 0.592. The molecule has 5 heteroatoms. The molecule has 0 atom stereocenters. The number of aryl methyl sites for hydroxylation is 1. The van der Waals surface area contributed by atoms with Crippen LogP contribution in [0.4, 0.5) is 5.69 Å². The molecule has 0 aliphatic heterocycles. The number of nitrogens with zero attached hydrogens (tertiary/aromatic N) is 1. The Hall–Kier alpha value is -1.62. The summed E-state index contributed by atoms with van der Waals surface area (Å²) in [6.07, 6.45) is 1.14. The second-order valence-electron chi connectivity index (χ2n) is 3.08. The van der Waals surface area contributed by atoms with E-state index in [2.05, 4.69) is 0 Å². The first kappa shape index (κ1) is 11.5. The van der Waals surface area contributed by atoms with E-state index in [4.69, 9.17) is 9.84 Å². The first-order valence-electron chi connectivity index (χ1n) is 4.61. The van der Waals surface area contributed by atoms with Crippen molar-refractivity contribution in [2.75, 3.05) is 13.7 Å². The topological polar surface area (TPSA) is 72.6 Å². The van der Waals surface area contributed by atoms with Gasteiger partial charge in [-0.2, -0.15) is 0 Å². The predicted octanol–water partition coefficient (Wildman–Crippen LogP) is 1.53. The average molecular weight is 211 g/mol. The fourth-order valence-corrected chi connectivity index (χ4v) is 1.34. The van der Waals surface area contributed by atoms with Gasteiger partial charge in [-0.25, -0.2) is 0 Å². The number of nitro groups is 1. The van der Waals surface area contributed by atoms with Crippen LogP contribution in [0.2, 0.25) is 0 Å². The van der Waals surface area contributed by atoms with Crippen LogP contribution in [0.5, 0.6) is 5.75 Å². The van der Waals surface area contributed by atoms with Gasteiger partial charge in [0.1, 0.15) is 5.75 Å². The van der Waals surface area contributed by atoms with Crippen molar-refractivity contribution in [2.24, 2.45) is 0 Å². The maximum atomic E-state index is 10.5. The second-order valence-corrected chi connectivity index (χ2v) is 3.08. The Morgan fingerprint density at radius 1 is 1.53 bits per heavy atom. The maximum Gasteiger partial charge on any atom is 0.269 e. The van der Waals surface area contributed by atoms with Gasteiger partial charge in [-0.05, 0) is 18.9 Å². The van der Waals surface area contributed by atoms with Crippen molar-refractivity contribution in [3.8, 4) is 5.75 Å². The molecule has 0 radical (unpaired) electrons. The average Bonchev–Trinajstić information content (AvgIpc) is 2.25. The van der Waals surface area contributed by atoms with Gasteiger partial charge in [-0.15, -0.1) is 0 Å². The summed E-state index contributed by atoms with van der Waals surface area (Å²) in [4.78, 5) is 10.1. The molecule has 0 heterocycles. The summed E-state index contributed by atoms with van der Waals surface area (Å²) in [7, 11) is 1.52. The Bertz CT molecular complexity index is 351. The highest BCUT2D eigenvalue weighted by molar-refractivity contribution is 5.43. The minimum Gasteiger partial charge on any atom is -0.496 e. The highest BCUT2D eigenvalue weighted by Crippen LogP contribution is 2.24. The molecule has 0 fully saturated rings. The Kier molecular flexibility index (Phi) is 4.05. The number of rotatable bonds is 5. The summed E-state index contributed by atoms with van der Waals surface area (Å²) in [5, 5.41) is 19.2. The molecule has 1 N–H and O–H groups in total. The van der Waals surface area contributed by atoms with Crippen LogP contribution in [-0.4, -0.2) is 23.7 Å². The zero-order valence-corrected chi connectivity index (χ0v) is 8.47. The van der Waals surface area contributed by atoms with Gasteiger partial charge in [0.25, 0.3) is 5.69 Å². The molecular formula is C10H13NO4. The van der Waals surface area contributed by atoms with Crippen molar-refractivity contribution < 1.29 is 14.8 Å². The molecule has 0 amide bonds. The lowest BCUT2D eigenvalue weighted by molar-refractivity contribution is -0.384. The molecule has 0 saturated carbocycles. The van der Waals surface area contributed by atoms with Crippen molar-refractivity contribution in [2.45, 2.75) is 12.8 Å². The molecule has 5 nitrogen and oxygen atoms in total. The largest absolute Gasteiger partial charge is 0.496 e. The minimum atomic E-state index is -0.443. The van der Waals surface area contributed by atoms with Gasteiger partial charge in [0.05, 0.1) is 12.0 Å². The van der Waals surface area contributed by atoms with Crippen molar-refractivity contribution in [3.63, 3.8) is 0 Å². The van der Waals surface area contributed by atoms with Gasteiger partial charge in [0, 0.05) is 24.3 Å². The van der Waals surface area contributed by atoms with Crippen LogP contribution in [0.25, 0.3) is 0 Å². The molecule has 1 aromatic carbocycles. The highest BCUT2D eigenvalue weighted by Gasteiger charge is 2.10. The van der Waals surface area contributed by atoms with Crippen LogP contribution < -0.4 is 4.74 Å². The lowest BCUT2D eigenvalue weighted by Gasteiger charge is -2.06. The molecule has 15 heavy (non-hydrogen) atoms. The number of benzene rings is 1. The molecule has 0 aliphatic carbocycles. The van der Waals surface area contributed by atoms with E-state index >= 15 is 0 Å². The molecule has 0 spiro atoms. The number of aliphatic hydroxyl groups excluding tert-OH is 1. The Balaban J connectivity index is 2.96. The van der Waals surface area contributed by atoms with Crippen molar-refractivity contribution >= 4 is 5.69 Å². The Morgan fingerprint density at radius 2 is 2.27 bits per heavy atom. The number of nitro benzene ring substituents is 1. The van der Waals surface area contributed by atoms with Gasteiger partial charge in [-0.3, -0.25) is 10.1 Å². The van der Waals surface area contributed by atoms with Crippen LogP contribution in [-0.2, 0) is 6.42 Å². The fourth-order valence-electron chi connectivity index (χ4n) is 1.34. The van der Waals surface area contributed by atoms with E-state index < -0.39 is 4.92 Å². The summed E-state index contributed by atoms with van der Waals surface area (Å²) in [5.41, 5.74) is 0.796. The lowest BCUT2D eigenvalue weighted by Crippen LogP contribution is -1.96. The van der Waals surface area contributed by atoms with Gasteiger partial charge < -0.3 is 9.84 Å². The smallest absolute Gasteiger partial charge is 0.269 e. The monoisotopic (exact) mass is 211 g/mol. The summed E-state index contributed by atoms with van der Waals surface area (Å²) < 4.78 is 5.07. The van der Waals surface area contributed by atoms with Crippen LogP contribution >= 0.6 is 0 Å². The normalized spacial score (nSPS) is 10.0. The molecule has 82 valence electrons.